The van der Waals surface area contributed by atoms with Gasteiger partial charge in [-0.1, -0.05) is 0 Å². The molecule has 88 valence electrons. The minimum absolute atomic E-state index is 0.102. The number of rotatable bonds is 3. The largest absolute Gasteiger partial charge is 0.378 e. The summed E-state index contributed by atoms with van der Waals surface area (Å²) in [5.74, 6) is -0.302. The maximum absolute atomic E-state index is 12.8. The molecular weight excluding hydrogens is 221 g/mol. The van der Waals surface area contributed by atoms with Gasteiger partial charge in [-0.2, -0.15) is 0 Å². The molecule has 17 heavy (non-hydrogen) atoms. The van der Waals surface area contributed by atoms with Gasteiger partial charge in [-0.05, 0) is 29.8 Å². The first kappa shape index (κ1) is 11.5. The fourth-order valence-corrected chi connectivity index (χ4v) is 1.62. The zero-order valence-corrected chi connectivity index (χ0v) is 9.37. The van der Waals surface area contributed by atoms with E-state index >= 15 is 0 Å². The Morgan fingerprint density at radius 1 is 1.24 bits per heavy atom. The van der Waals surface area contributed by atoms with Crippen molar-refractivity contribution < 1.29 is 9.13 Å². The summed E-state index contributed by atoms with van der Waals surface area (Å²) in [6.07, 6.45) is 0. The van der Waals surface area contributed by atoms with Crippen LogP contribution in [-0.2, 0) is 11.3 Å². The summed E-state index contributed by atoms with van der Waals surface area (Å²) < 4.78 is 17.8. The van der Waals surface area contributed by atoms with Gasteiger partial charge in [0.2, 0.25) is 0 Å². The van der Waals surface area contributed by atoms with E-state index in [2.05, 4.69) is 4.98 Å². The maximum Gasteiger partial charge on any atom is 0.182 e. The Morgan fingerprint density at radius 3 is 2.59 bits per heavy atom. The van der Waals surface area contributed by atoms with Gasteiger partial charge >= 0.3 is 0 Å². The fraction of sp³-hybridized carbons (Fsp3) is 0.154. The number of nitrogens with one attached hydrogen (secondary N) is 1. The Balaban J connectivity index is 2.44. The van der Waals surface area contributed by atoms with Crippen molar-refractivity contribution in [2.75, 3.05) is 7.11 Å². The molecule has 0 amide bonds. The summed E-state index contributed by atoms with van der Waals surface area (Å²) in [4.78, 5) is 14.6. The average molecular weight is 233 g/mol. The lowest BCUT2D eigenvalue weighted by atomic mass is 10.1. The van der Waals surface area contributed by atoms with Gasteiger partial charge in [0, 0.05) is 30.6 Å². The van der Waals surface area contributed by atoms with Gasteiger partial charge in [-0.3, -0.25) is 4.79 Å². The van der Waals surface area contributed by atoms with E-state index in [-0.39, 0.29) is 11.2 Å². The predicted octanol–water partition coefficient (Wildman–Crippen LogP) is 2.33. The van der Waals surface area contributed by atoms with Crippen LogP contribution in [0.5, 0.6) is 0 Å². The molecule has 0 saturated carbocycles. The number of hydrogen-bond acceptors (Lipinski definition) is 2. The number of H-pyrrole nitrogens is 1. The van der Waals surface area contributed by atoms with E-state index in [0.29, 0.717) is 18.0 Å². The van der Waals surface area contributed by atoms with Crippen molar-refractivity contribution in [3.05, 3.63) is 58.1 Å². The Hall–Kier alpha value is -1.94. The van der Waals surface area contributed by atoms with E-state index in [0.717, 1.165) is 5.56 Å². The molecular formula is C13H12FNO2. The second kappa shape index (κ2) is 4.93. The summed E-state index contributed by atoms with van der Waals surface area (Å²) >= 11 is 0. The lowest BCUT2D eigenvalue weighted by Crippen LogP contribution is -2.05. The molecule has 0 spiro atoms. The zero-order valence-electron chi connectivity index (χ0n) is 9.37. The van der Waals surface area contributed by atoms with Crippen molar-refractivity contribution in [2.24, 2.45) is 0 Å². The van der Waals surface area contributed by atoms with E-state index in [4.69, 9.17) is 4.74 Å². The molecule has 0 aliphatic heterocycles. The number of aromatic amines is 1. The molecule has 4 heteroatoms. The number of hydrogen-bond donors (Lipinski definition) is 1. The summed E-state index contributed by atoms with van der Waals surface area (Å²) in [7, 11) is 1.56. The minimum atomic E-state index is -0.302. The Bertz CT molecular complexity index is 560. The number of ether oxygens (including phenoxy) is 1. The van der Waals surface area contributed by atoms with Crippen LogP contribution in [0.25, 0.3) is 11.3 Å². The van der Waals surface area contributed by atoms with E-state index in [1.807, 2.05) is 0 Å². The lowest BCUT2D eigenvalue weighted by Gasteiger charge is -2.05. The van der Waals surface area contributed by atoms with Crippen LogP contribution in [0.4, 0.5) is 4.39 Å². The molecule has 1 aromatic carbocycles. The summed E-state index contributed by atoms with van der Waals surface area (Å²) in [6, 6.07) is 8.92. The molecule has 3 nitrogen and oxygen atoms in total. The van der Waals surface area contributed by atoms with Crippen molar-refractivity contribution in [1.82, 2.24) is 4.98 Å². The van der Waals surface area contributed by atoms with Crippen molar-refractivity contribution in [3.8, 4) is 11.3 Å². The summed E-state index contributed by atoms with van der Waals surface area (Å²) in [5.41, 5.74) is 2.01. The minimum Gasteiger partial charge on any atom is -0.378 e. The highest BCUT2D eigenvalue weighted by Gasteiger charge is 2.02. The second-order valence-electron chi connectivity index (χ2n) is 3.69. The highest BCUT2D eigenvalue weighted by molar-refractivity contribution is 5.58. The SMILES string of the molecule is COCc1cc(=O)cc(-c2ccc(F)cc2)[nH]1. The van der Waals surface area contributed by atoms with Crippen LogP contribution in [0.3, 0.4) is 0 Å². The van der Waals surface area contributed by atoms with E-state index in [9.17, 15) is 9.18 Å². The first-order chi connectivity index (χ1) is 8.19. The monoisotopic (exact) mass is 233 g/mol. The first-order valence-corrected chi connectivity index (χ1v) is 5.17. The fourth-order valence-electron chi connectivity index (χ4n) is 1.62. The quantitative estimate of drug-likeness (QED) is 0.884. The molecule has 0 unspecified atom stereocenters. The van der Waals surface area contributed by atoms with E-state index in [1.165, 1.54) is 24.3 Å². The zero-order chi connectivity index (χ0) is 12.3. The van der Waals surface area contributed by atoms with E-state index in [1.54, 1.807) is 19.2 Å². The van der Waals surface area contributed by atoms with Crippen molar-refractivity contribution in [1.29, 1.82) is 0 Å². The van der Waals surface area contributed by atoms with Crippen LogP contribution in [0.1, 0.15) is 5.69 Å². The van der Waals surface area contributed by atoms with Gasteiger partial charge in [-0.15, -0.1) is 0 Å². The molecule has 1 N–H and O–H groups in total. The summed E-state index contributed by atoms with van der Waals surface area (Å²) in [5, 5.41) is 0. The highest BCUT2D eigenvalue weighted by atomic mass is 19.1. The predicted molar refractivity (Wildman–Crippen MR) is 63.2 cm³/mol. The first-order valence-electron chi connectivity index (χ1n) is 5.17. The summed E-state index contributed by atoms with van der Waals surface area (Å²) in [6.45, 7) is 0.338. The Kier molecular flexibility index (Phi) is 3.35. The van der Waals surface area contributed by atoms with Crippen LogP contribution in [0, 0.1) is 5.82 Å². The molecule has 1 heterocycles. The van der Waals surface area contributed by atoms with Gasteiger partial charge in [0.15, 0.2) is 5.43 Å². The Labute approximate surface area is 97.9 Å². The smallest absolute Gasteiger partial charge is 0.182 e. The van der Waals surface area contributed by atoms with Crippen molar-refractivity contribution in [3.63, 3.8) is 0 Å². The van der Waals surface area contributed by atoms with Crippen molar-refractivity contribution in [2.45, 2.75) is 6.61 Å². The van der Waals surface area contributed by atoms with E-state index < -0.39 is 0 Å². The van der Waals surface area contributed by atoms with Crippen LogP contribution >= 0.6 is 0 Å². The third-order valence-corrected chi connectivity index (χ3v) is 2.35. The third-order valence-electron chi connectivity index (χ3n) is 2.35. The van der Waals surface area contributed by atoms with Crippen LogP contribution < -0.4 is 5.43 Å². The topological polar surface area (TPSA) is 42.1 Å². The molecule has 2 rings (SSSR count). The third kappa shape index (κ3) is 2.79. The molecule has 0 radical (unpaired) electrons. The molecule has 0 saturated heterocycles. The number of halogens is 1. The van der Waals surface area contributed by atoms with Gasteiger partial charge in [0.25, 0.3) is 0 Å². The van der Waals surface area contributed by atoms with Gasteiger partial charge in [0.1, 0.15) is 5.82 Å². The second-order valence-corrected chi connectivity index (χ2v) is 3.69. The van der Waals surface area contributed by atoms with Gasteiger partial charge in [0.05, 0.1) is 6.61 Å². The number of pyridine rings is 1. The van der Waals surface area contributed by atoms with Crippen LogP contribution in [0.15, 0.2) is 41.2 Å². The molecule has 0 atom stereocenters. The molecule has 2 aromatic rings. The number of methoxy groups -OCH3 is 1. The molecule has 1 aromatic heterocycles. The highest BCUT2D eigenvalue weighted by Crippen LogP contribution is 2.16. The standard InChI is InChI=1S/C13H12FNO2/c1-17-8-11-6-12(16)7-13(15-11)9-2-4-10(14)5-3-9/h2-7H,8H2,1H3,(H,15,16). The van der Waals surface area contributed by atoms with Gasteiger partial charge < -0.3 is 9.72 Å². The lowest BCUT2D eigenvalue weighted by molar-refractivity contribution is 0.181. The van der Waals surface area contributed by atoms with Crippen LogP contribution in [-0.4, -0.2) is 12.1 Å². The van der Waals surface area contributed by atoms with Gasteiger partial charge in [-0.25, -0.2) is 4.39 Å². The maximum atomic E-state index is 12.8. The molecule has 0 fully saturated rings. The molecule has 0 aliphatic carbocycles. The Morgan fingerprint density at radius 2 is 1.94 bits per heavy atom. The normalized spacial score (nSPS) is 10.5. The molecule has 0 aliphatic rings. The number of benzene rings is 1. The number of aromatic nitrogens is 1. The molecule has 0 bridgehead atoms. The van der Waals surface area contributed by atoms with Crippen molar-refractivity contribution >= 4 is 0 Å². The average Bonchev–Trinajstić information content (AvgIpc) is 2.29. The van der Waals surface area contributed by atoms with Crippen LogP contribution in [0.2, 0.25) is 0 Å².